The number of carboxylic acids is 1. The van der Waals surface area contributed by atoms with Crippen LogP contribution in [-0.2, 0) is 9.59 Å². The highest BCUT2D eigenvalue weighted by Crippen LogP contribution is 2.39. The zero-order chi connectivity index (χ0) is 25.8. The number of thiophene rings is 1. The van der Waals surface area contributed by atoms with Crippen LogP contribution in [0.3, 0.4) is 0 Å². The molecule has 4 aromatic rings. The number of ether oxygens (including phenoxy) is 1. The van der Waals surface area contributed by atoms with E-state index in [-0.39, 0.29) is 31.2 Å². The number of rotatable bonds is 9. The van der Waals surface area contributed by atoms with Gasteiger partial charge < -0.3 is 9.84 Å². The smallest absolute Gasteiger partial charge is 0.303 e. The third-order valence-corrected chi connectivity index (χ3v) is 6.97. The minimum Gasteiger partial charge on any atom is -0.497 e. The Morgan fingerprint density at radius 1 is 1.05 bits per heavy atom. The molecular formula is C28H26N4O4S. The quantitative estimate of drug-likeness (QED) is 0.316. The number of carbonyl (C=O) groups excluding carboxylic acids is 1. The van der Waals surface area contributed by atoms with Crippen molar-refractivity contribution in [2.75, 3.05) is 7.11 Å². The monoisotopic (exact) mass is 514 g/mol. The first-order chi connectivity index (χ1) is 18.0. The Hall–Kier alpha value is -4.24. The fourth-order valence-corrected chi connectivity index (χ4v) is 5.07. The van der Waals surface area contributed by atoms with E-state index in [0.29, 0.717) is 6.42 Å². The van der Waals surface area contributed by atoms with Crippen molar-refractivity contribution in [3.05, 3.63) is 88.7 Å². The number of aromatic nitrogens is 2. The minimum absolute atomic E-state index is 0.0611. The van der Waals surface area contributed by atoms with Crippen molar-refractivity contribution in [3.63, 3.8) is 0 Å². The zero-order valence-electron chi connectivity index (χ0n) is 20.3. The molecule has 0 radical (unpaired) electrons. The van der Waals surface area contributed by atoms with Crippen LogP contribution < -0.4 is 4.74 Å². The van der Waals surface area contributed by atoms with Crippen LogP contribution in [-0.4, -0.2) is 44.6 Å². The second-order valence-corrected chi connectivity index (χ2v) is 9.49. The van der Waals surface area contributed by atoms with Gasteiger partial charge in [0.25, 0.3) is 0 Å². The van der Waals surface area contributed by atoms with Crippen molar-refractivity contribution in [2.45, 2.75) is 31.7 Å². The van der Waals surface area contributed by atoms with Gasteiger partial charge in [-0.1, -0.05) is 18.2 Å². The average molecular weight is 515 g/mol. The van der Waals surface area contributed by atoms with E-state index in [1.165, 1.54) is 5.01 Å². The fraction of sp³-hybridized carbons (Fsp3) is 0.214. The average Bonchev–Trinajstić information content (AvgIpc) is 3.68. The maximum atomic E-state index is 13.3. The molecule has 1 atom stereocenters. The Labute approximate surface area is 218 Å². The molecule has 3 heterocycles. The van der Waals surface area contributed by atoms with Crippen LogP contribution in [0.5, 0.6) is 5.75 Å². The molecule has 1 N–H and O–H groups in total. The first-order valence-corrected chi connectivity index (χ1v) is 12.9. The van der Waals surface area contributed by atoms with Gasteiger partial charge in [0, 0.05) is 42.1 Å². The molecule has 188 valence electrons. The Balaban J connectivity index is 1.56. The topological polar surface area (TPSA) is 97.0 Å². The molecule has 0 unspecified atom stereocenters. The van der Waals surface area contributed by atoms with E-state index in [1.54, 1.807) is 18.4 Å². The Morgan fingerprint density at radius 3 is 2.51 bits per heavy atom. The van der Waals surface area contributed by atoms with Crippen LogP contribution in [0.1, 0.15) is 42.9 Å². The summed E-state index contributed by atoms with van der Waals surface area (Å²) in [6.45, 7) is 0. The second kappa shape index (κ2) is 10.8. The number of aliphatic carboxylic acids is 1. The van der Waals surface area contributed by atoms with Gasteiger partial charge >= 0.3 is 5.97 Å². The number of hydrazone groups is 1. The standard InChI is InChI=1S/C28H26N4O4S/c1-36-22-12-10-19(11-13-22)28-23(17-31(30-28)21-6-3-2-4-7-21)25-16-24(20-14-15-37-18-20)29-32(25)26(33)8-5-9-27(34)35/h2-4,6-7,10-15,17-18,25H,5,8-9,16H2,1H3,(H,34,35)/t25-/m0/s1. The minimum atomic E-state index is -0.917. The van der Waals surface area contributed by atoms with E-state index in [2.05, 4.69) is 0 Å². The predicted molar refractivity (Wildman–Crippen MR) is 142 cm³/mol. The summed E-state index contributed by atoms with van der Waals surface area (Å²) in [5, 5.41) is 24.2. The lowest BCUT2D eigenvalue weighted by atomic mass is 9.97. The van der Waals surface area contributed by atoms with Gasteiger partial charge in [-0.05, 0) is 59.6 Å². The summed E-state index contributed by atoms with van der Waals surface area (Å²) in [4.78, 5) is 24.3. The molecule has 5 rings (SSSR count). The van der Waals surface area contributed by atoms with E-state index >= 15 is 0 Å². The molecule has 0 saturated carbocycles. The molecule has 1 amide bonds. The van der Waals surface area contributed by atoms with Crippen molar-refractivity contribution in [1.29, 1.82) is 0 Å². The molecule has 9 heteroatoms. The number of amides is 1. The molecule has 0 saturated heterocycles. The SMILES string of the molecule is COc1ccc(-c2nn(-c3ccccc3)cc2[C@@H]2CC(c3ccsc3)=NN2C(=O)CCCC(=O)O)cc1. The first-order valence-electron chi connectivity index (χ1n) is 12.0. The lowest BCUT2D eigenvalue weighted by Crippen LogP contribution is -2.27. The highest BCUT2D eigenvalue weighted by molar-refractivity contribution is 7.08. The highest BCUT2D eigenvalue weighted by atomic mass is 32.1. The molecule has 0 aliphatic carbocycles. The van der Waals surface area contributed by atoms with Crippen LogP contribution in [0, 0.1) is 0 Å². The van der Waals surface area contributed by atoms with E-state index < -0.39 is 5.97 Å². The molecular weight excluding hydrogens is 488 g/mol. The number of hydrogen-bond donors (Lipinski definition) is 1. The normalized spacial score (nSPS) is 15.0. The summed E-state index contributed by atoms with van der Waals surface area (Å²) >= 11 is 1.58. The van der Waals surface area contributed by atoms with Gasteiger partial charge in [-0.25, -0.2) is 9.69 Å². The van der Waals surface area contributed by atoms with Gasteiger partial charge in [-0.2, -0.15) is 21.5 Å². The predicted octanol–water partition coefficient (Wildman–Crippen LogP) is 5.54. The maximum absolute atomic E-state index is 13.3. The number of para-hydroxylation sites is 1. The van der Waals surface area contributed by atoms with Crippen LogP contribution in [0.15, 0.2) is 82.7 Å². The van der Waals surface area contributed by atoms with Gasteiger partial charge in [-0.15, -0.1) is 0 Å². The summed E-state index contributed by atoms with van der Waals surface area (Å²) in [5.74, 6) is -0.379. The lowest BCUT2D eigenvalue weighted by Gasteiger charge is -2.22. The van der Waals surface area contributed by atoms with Crippen molar-refractivity contribution < 1.29 is 19.4 Å². The third kappa shape index (κ3) is 5.31. The number of benzene rings is 2. The van der Waals surface area contributed by atoms with E-state index in [9.17, 15) is 9.59 Å². The molecule has 1 aliphatic rings. The van der Waals surface area contributed by atoms with Crippen molar-refractivity contribution >= 4 is 28.9 Å². The summed E-state index contributed by atoms with van der Waals surface area (Å²) in [5.41, 5.74) is 5.23. The number of methoxy groups -OCH3 is 1. The molecule has 0 fully saturated rings. The van der Waals surface area contributed by atoms with Gasteiger partial charge in [0.1, 0.15) is 5.75 Å². The van der Waals surface area contributed by atoms with Crippen LogP contribution in [0.2, 0.25) is 0 Å². The molecule has 2 aromatic carbocycles. The fourth-order valence-electron chi connectivity index (χ4n) is 4.41. The van der Waals surface area contributed by atoms with Crippen LogP contribution in [0.25, 0.3) is 16.9 Å². The summed E-state index contributed by atoms with van der Waals surface area (Å²) < 4.78 is 7.15. The number of carbonyl (C=O) groups is 2. The lowest BCUT2D eigenvalue weighted by molar-refractivity contribution is -0.137. The summed E-state index contributed by atoms with van der Waals surface area (Å²) in [7, 11) is 1.63. The third-order valence-electron chi connectivity index (χ3n) is 6.29. The van der Waals surface area contributed by atoms with Crippen molar-refractivity contribution in [2.24, 2.45) is 5.10 Å². The van der Waals surface area contributed by atoms with E-state index in [4.69, 9.17) is 20.0 Å². The Kier molecular flexibility index (Phi) is 7.14. The molecule has 1 aliphatic heterocycles. The number of hydrogen-bond acceptors (Lipinski definition) is 6. The van der Waals surface area contributed by atoms with Gasteiger partial charge in [0.05, 0.1) is 30.2 Å². The second-order valence-electron chi connectivity index (χ2n) is 8.71. The van der Waals surface area contributed by atoms with Gasteiger partial charge in [0.2, 0.25) is 5.91 Å². The van der Waals surface area contributed by atoms with Gasteiger partial charge in [-0.3, -0.25) is 9.59 Å². The summed E-state index contributed by atoms with van der Waals surface area (Å²) in [6.07, 6.45) is 2.80. The molecule has 8 nitrogen and oxygen atoms in total. The van der Waals surface area contributed by atoms with E-state index in [1.807, 2.05) is 82.3 Å². The molecule has 0 spiro atoms. The Morgan fingerprint density at radius 2 is 1.84 bits per heavy atom. The molecule has 37 heavy (non-hydrogen) atoms. The van der Waals surface area contributed by atoms with Gasteiger partial charge in [0.15, 0.2) is 0 Å². The number of nitrogens with zero attached hydrogens (tertiary/aromatic N) is 4. The first kappa shape index (κ1) is 24.5. The van der Waals surface area contributed by atoms with Crippen molar-refractivity contribution in [3.8, 4) is 22.7 Å². The van der Waals surface area contributed by atoms with Crippen LogP contribution in [0.4, 0.5) is 0 Å². The Bertz CT molecular complexity index is 1410. The van der Waals surface area contributed by atoms with Crippen LogP contribution >= 0.6 is 11.3 Å². The largest absolute Gasteiger partial charge is 0.497 e. The van der Waals surface area contributed by atoms with E-state index in [0.717, 1.165) is 39.5 Å². The molecule has 2 aromatic heterocycles. The molecule has 0 bridgehead atoms. The van der Waals surface area contributed by atoms with Crippen molar-refractivity contribution in [1.82, 2.24) is 14.8 Å². The maximum Gasteiger partial charge on any atom is 0.303 e. The zero-order valence-corrected chi connectivity index (χ0v) is 21.1. The highest BCUT2D eigenvalue weighted by Gasteiger charge is 2.36. The number of carboxylic acid groups (broad SMARTS) is 1. The summed E-state index contributed by atoms with van der Waals surface area (Å²) in [6, 6.07) is 19.1.